The van der Waals surface area contributed by atoms with Gasteiger partial charge >= 0.3 is 0 Å². The number of pyridine rings is 1. The molecule has 1 N–H and O–H groups in total. The van der Waals surface area contributed by atoms with E-state index in [1.54, 1.807) is 23.6 Å². The van der Waals surface area contributed by atoms with Crippen molar-refractivity contribution in [1.82, 2.24) is 15.3 Å². The Hall–Kier alpha value is -0.680. The van der Waals surface area contributed by atoms with Crippen LogP contribution in [0.5, 0.6) is 0 Å². The van der Waals surface area contributed by atoms with Crippen LogP contribution in [0.25, 0.3) is 10.7 Å². The zero-order valence-electron chi connectivity index (χ0n) is 8.50. The average Bonchev–Trinajstić information content (AvgIpc) is 2.67. The van der Waals surface area contributed by atoms with Gasteiger partial charge in [0, 0.05) is 23.8 Å². The van der Waals surface area contributed by atoms with Crippen LogP contribution in [0.4, 0.5) is 0 Å². The molecular weight excluding hydrogens is 265 g/mol. The molecule has 0 saturated carbocycles. The van der Waals surface area contributed by atoms with Gasteiger partial charge in [-0.3, -0.25) is 4.98 Å². The fourth-order valence-electron chi connectivity index (χ4n) is 1.24. The summed E-state index contributed by atoms with van der Waals surface area (Å²) in [4.78, 5) is 9.61. The number of nitrogens with zero attached hydrogens (tertiary/aromatic N) is 2. The van der Waals surface area contributed by atoms with Crippen molar-refractivity contribution in [3.8, 4) is 10.7 Å². The smallest absolute Gasteiger partial charge is 0.143 e. The molecule has 3 nitrogen and oxygen atoms in total. The van der Waals surface area contributed by atoms with Crippen LogP contribution in [0, 0.1) is 0 Å². The van der Waals surface area contributed by atoms with E-state index in [4.69, 9.17) is 23.2 Å². The molecule has 0 unspecified atom stereocenters. The SMILES string of the molecule is CNCc1cnc(-c2ncc(Cl)cc2Cl)s1. The summed E-state index contributed by atoms with van der Waals surface area (Å²) in [6.45, 7) is 0.795. The summed E-state index contributed by atoms with van der Waals surface area (Å²) in [5.41, 5.74) is 0.679. The minimum absolute atomic E-state index is 0.526. The van der Waals surface area contributed by atoms with Crippen LogP contribution in [0.15, 0.2) is 18.5 Å². The number of rotatable bonds is 3. The van der Waals surface area contributed by atoms with E-state index in [9.17, 15) is 0 Å². The Balaban J connectivity index is 2.35. The molecule has 16 heavy (non-hydrogen) atoms. The molecule has 0 aliphatic heterocycles. The van der Waals surface area contributed by atoms with Crippen LogP contribution in [-0.4, -0.2) is 17.0 Å². The van der Waals surface area contributed by atoms with Crippen LogP contribution in [0.3, 0.4) is 0 Å². The first-order chi connectivity index (χ1) is 7.70. The molecule has 0 fully saturated rings. The molecule has 0 amide bonds. The van der Waals surface area contributed by atoms with Gasteiger partial charge in [0.1, 0.15) is 10.7 Å². The van der Waals surface area contributed by atoms with E-state index in [0.717, 1.165) is 16.4 Å². The molecule has 0 radical (unpaired) electrons. The Labute approximate surface area is 107 Å². The highest BCUT2D eigenvalue weighted by Gasteiger charge is 2.10. The lowest BCUT2D eigenvalue weighted by atomic mass is 10.3. The van der Waals surface area contributed by atoms with Crippen molar-refractivity contribution in [2.75, 3.05) is 7.05 Å². The zero-order chi connectivity index (χ0) is 11.5. The summed E-state index contributed by atoms with van der Waals surface area (Å²) in [6.07, 6.45) is 3.39. The fourth-order valence-corrected chi connectivity index (χ4v) is 2.71. The second-order valence-electron chi connectivity index (χ2n) is 3.15. The highest BCUT2D eigenvalue weighted by atomic mass is 35.5. The molecule has 2 heterocycles. The molecule has 0 atom stereocenters. The van der Waals surface area contributed by atoms with Gasteiger partial charge in [0.15, 0.2) is 0 Å². The van der Waals surface area contributed by atoms with Crippen LogP contribution in [-0.2, 0) is 6.54 Å². The third kappa shape index (κ3) is 2.52. The summed E-state index contributed by atoms with van der Waals surface area (Å²) < 4.78 is 0. The standard InChI is InChI=1S/C10H9Cl2N3S/c1-13-4-7-5-15-10(16-7)9-8(12)2-6(11)3-14-9/h2-3,5,13H,4H2,1H3. The van der Waals surface area contributed by atoms with Gasteiger partial charge in [-0.1, -0.05) is 23.2 Å². The number of halogens is 2. The molecule has 0 aliphatic carbocycles. The first-order valence-electron chi connectivity index (χ1n) is 4.61. The predicted molar refractivity (Wildman–Crippen MR) is 68.1 cm³/mol. The van der Waals surface area contributed by atoms with Gasteiger partial charge in [0.25, 0.3) is 0 Å². The molecule has 0 aliphatic rings. The van der Waals surface area contributed by atoms with Crippen molar-refractivity contribution in [2.24, 2.45) is 0 Å². The summed E-state index contributed by atoms with van der Waals surface area (Å²) >= 11 is 13.4. The number of nitrogens with one attached hydrogen (secondary N) is 1. The summed E-state index contributed by atoms with van der Waals surface area (Å²) in [5.74, 6) is 0. The van der Waals surface area contributed by atoms with Gasteiger partial charge in [-0.05, 0) is 13.1 Å². The molecule has 2 aromatic rings. The van der Waals surface area contributed by atoms with Crippen molar-refractivity contribution in [3.63, 3.8) is 0 Å². The number of hydrogen-bond donors (Lipinski definition) is 1. The molecule has 84 valence electrons. The van der Waals surface area contributed by atoms with Gasteiger partial charge in [-0.25, -0.2) is 4.98 Å². The topological polar surface area (TPSA) is 37.8 Å². The lowest BCUT2D eigenvalue weighted by molar-refractivity contribution is 0.829. The third-order valence-corrected chi connectivity index (χ3v) is 3.41. The van der Waals surface area contributed by atoms with E-state index in [1.807, 2.05) is 13.2 Å². The minimum Gasteiger partial charge on any atom is -0.315 e. The zero-order valence-corrected chi connectivity index (χ0v) is 10.8. The van der Waals surface area contributed by atoms with Gasteiger partial charge in [0.2, 0.25) is 0 Å². The molecule has 2 aromatic heterocycles. The number of thiazole rings is 1. The molecule has 0 aromatic carbocycles. The average molecular weight is 274 g/mol. The van der Waals surface area contributed by atoms with Crippen molar-refractivity contribution >= 4 is 34.5 Å². The summed E-state index contributed by atoms with van der Waals surface area (Å²) in [7, 11) is 1.90. The van der Waals surface area contributed by atoms with Crippen LogP contribution < -0.4 is 5.32 Å². The molecule has 0 spiro atoms. The van der Waals surface area contributed by atoms with Crippen molar-refractivity contribution < 1.29 is 0 Å². The maximum Gasteiger partial charge on any atom is 0.143 e. The van der Waals surface area contributed by atoms with Crippen LogP contribution in [0.1, 0.15) is 4.88 Å². The lowest BCUT2D eigenvalue weighted by Gasteiger charge is -1.99. The summed E-state index contributed by atoms with van der Waals surface area (Å²) in [6, 6.07) is 1.67. The van der Waals surface area contributed by atoms with E-state index in [-0.39, 0.29) is 0 Å². The lowest BCUT2D eigenvalue weighted by Crippen LogP contribution is -2.02. The van der Waals surface area contributed by atoms with E-state index >= 15 is 0 Å². The number of hydrogen-bond acceptors (Lipinski definition) is 4. The van der Waals surface area contributed by atoms with E-state index in [0.29, 0.717) is 15.7 Å². The van der Waals surface area contributed by atoms with Gasteiger partial charge in [-0.2, -0.15) is 0 Å². The highest BCUT2D eigenvalue weighted by Crippen LogP contribution is 2.30. The molecular formula is C10H9Cl2N3S. The molecule has 0 bridgehead atoms. The monoisotopic (exact) mass is 273 g/mol. The third-order valence-electron chi connectivity index (χ3n) is 1.91. The maximum atomic E-state index is 6.05. The Bertz CT molecular complexity index is 499. The Morgan fingerprint density at radius 2 is 2.12 bits per heavy atom. The van der Waals surface area contributed by atoms with Crippen LogP contribution in [0.2, 0.25) is 10.0 Å². The van der Waals surface area contributed by atoms with Crippen LogP contribution >= 0.6 is 34.5 Å². The van der Waals surface area contributed by atoms with Gasteiger partial charge < -0.3 is 5.32 Å². The quantitative estimate of drug-likeness (QED) is 0.933. The second kappa shape index (κ2) is 5.10. The Kier molecular flexibility index (Phi) is 3.76. The van der Waals surface area contributed by atoms with Gasteiger partial charge in [0.05, 0.1) is 10.0 Å². The molecule has 2 rings (SSSR count). The Morgan fingerprint density at radius 1 is 1.31 bits per heavy atom. The van der Waals surface area contributed by atoms with Crippen molar-refractivity contribution in [2.45, 2.75) is 6.54 Å². The fraction of sp³-hybridized carbons (Fsp3) is 0.200. The molecule has 0 saturated heterocycles. The molecule has 6 heteroatoms. The van der Waals surface area contributed by atoms with E-state index in [1.165, 1.54) is 0 Å². The maximum absolute atomic E-state index is 6.05. The van der Waals surface area contributed by atoms with Crippen molar-refractivity contribution in [1.29, 1.82) is 0 Å². The first kappa shape index (κ1) is 11.8. The largest absolute Gasteiger partial charge is 0.315 e. The first-order valence-corrected chi connectivity index (χ1v) is 6.18. The minimum atomic E-state index is 0.526. The van der Waals surface area contributed by atoms with E-state index in [2.05, 4.69) is 15.3 Å². The predicted octanol–water partition coefficient (Wildman–Crippen LogP) is 3.23. The highest BCUT2D eigenvalue weighted by molar-refractivity contribution is 7.15. The number of aromatic nitrogens is 2. The Morgan fingerprint density at radius 3 is 2.81 bits per heavy atom. The normalized spacial score (nSPS) is 10.7. The van der Waals surface area contributed by atoms with Crippen molar-refractivity contribution in [3.05, 3.63) is 33.4 Å². The van der Waals surface area contributed by atoms with E-state index < -0.39 is 0 Å². The summed E-state index contributed by atoms with van der Waals surface area (Å²) in [5, 5.41) is 4.93. The second-order valence-corrected chi connectivity index (χ2v) is 5.10. The van der Waals surface area contributed by atoms with Gasteiger partial charge in [-0.15, -0.1) is 11.3 Å².